The van der Waals surface area contributed by atoms with Crippen molar-refractivity contribution in [1.29, 1.82) is 0 Å². The molecular weight excluding hydrogens is 290 g/mol. The molecule has 106 valence electrons. The molecule has 6 nitrogen and oxygen atoms in total. The van der Waals surface area contributed by atoms with Crippen LogP contribution in [0.15, 0.2) is 47.0 Å². The Morgan fingerprint density at radius 3 is 2.71 bits per heavy atom. The zero-order valence-corrected chi connectivity index (χ0v) is 11.7. The number of nitrogen functional groups attached to an aromatic ring is 1. The van der Waals surface area contributed by atoms with Crippen LogP contribution >= 0.6 is 11.6 Å². The largest absolute Gasteiger partial charge is 0.368 e. The van der Waals surface area contributed by atoms with E-state index in [1.54, 1.807) is 6.07 Å². The van der Waals surface area contributed by atoms with Gasteiger partial charge in [0.15, 0.2) is 5.76 Å². The first-order valence-electron chi connectivity index (χ1n) is 6.25. The molecule has 3 aromatic rings. The molecular formula is C14H12ClN5O. The molecule has 7 heteroatoms. The lowest BCUT2D eigenvalue weighted by Crippen LogP contribution is -2.03. The van der Waals surface area contributed by atoms with E-state index in [1.807, 2.05) is 36.4 Å². The summed E-state index contributed by atoms with van der Waals surface area (Å²) in [5, 5.41) is 7.38. The van der Waals surface area contributed by atoms with Crippen molar-refractivity contribution in [2.24, 2.45) is 0 Å². The molecule has 1 aromatic carbocycles. The molecule has 0 aliphatic carbocycles. The summed E-state index contributed by atoms with van der Waals surface area (Å²) in [6.45, 7) is 0.423. The highest BCUT2D eigenvalue weighted by atomic mass is 35.5. The van der Waals surface area contributed by atoms with E-state index in [2.05, 4.69) is 20.4 Å². The van der Waals surface area contributed by atoms with Crippen LogP contribution in [-0.4, -0.2) is 15.1 Å². The lowest BCUT2D eigenvalue weighted by atomic mass is 10.1. The number of halogens is 1. The minimum atomic E-state index is 0.118. The van der Waals surface area contributed by atoms with Gasteiger partial charge in [-0.3, -0.25) is 0 Å². The Balaban J connectivity index is 1.70. The van der Waals surface area contributed by atoms with Crippen LogP contribution in [0.3, 0.4) is 0 Å². The van der Waals surface area contributed by atoms with E-state index in [4.69, 9.17) is 21.9 Å². The number of hydrogen-bond acceptors (Lipinski definition) is 6. The number of nitrogens with one attached hydrogen (secondary N) is 1. The molecule has 0 aliphatic rings. The van der Waals surface area contributed by atoms with Crippen LogP contribution in [-0.2, 0) is 6.54 Å². The van der Waals surface area contributed by atoms with Crippen molar-refractivity contribution < 1.29 is 4.52 Å². The van der Waals surface area contributed by atoms with Gasteiger partial charge in [-0.2, -0.15) is 4.98 Å². The molecule has 0 bridgehead atoms. The Morgan fingerprint density at radius 1 is 1.14 bits per heavy atom. The molecule has 3 N–H and O–H groups in total. The van der Waals surface area contributed by atoms with Crippen LogP contribution in [0, 0.1) is 0 Å². The third-order valence-corrected chi connectivity index (χ3v) is 2.98. The second kappa shape index (κ2) is 5.80. The van der Waals surface area contributed by atoms with Gasteiger partial charge in [-0.05, 0) is 0 Å². The standard InChI is InChI=1S/C14H12ClN5O/c15-12-7-13(19-14(16)18-12)17-8-10-6-11(20-21-10)9-4-2-1-3-5-9/h1-7H,8H2,(H3,16,17,18,19). The van der Waals surface area contributed by atoms with Crippen molar-refractivity contribution >= 4 is 23.4 Å². The number of nitrogens with two attached hydrogens (primary N) is 1. The lowest BCUT2D eigenvalue weighted by molar-refractivity contribution is 0.390. The van der Waals surface area contributed by atoms with Gasteiger partial charge in [0.1, 0.15) is 16.7 Å². The van der Waals surface area contributed by atoms with Crippen molar-refractivity contribution in [2.75, 3.05) is 11.1 Å². The van der Waals surface area contributed by atoms with Gasteiger partial charge < -0.3 is 15.6 Å². The maximum absolute atomic E-state index is 5.81. The topological polar surface area (TPSA) is 89.9 Å². The van der Waals surface area contributed by atoms with Crippen LogP contribution in [0.4, 0.5) is 11.8 Å². The van der Waals surface area contributed by atoms with E-state index in [9.17, 15) is 0 Å². The van der Waals surface area contributed by atoms with Gasteiger partial charge in [-0.25, -0.2) is 4.98 Å². The van der Waals surface area contributed by atoms with E-state index in [0.29, 0.717) is 18.1 Å². The Hall–Kier alpha value is -2.60. The fourth-order valence-corrected chi connectivity index (χ4v) is 2.03. The van der Waals surface area contributed by atoms with Crippen molar-refractivity contribution in [2.45, 2.75) is 6.54 Å². The van der Waals surface area contributed by atoms with Gasteiger partial charge in [0.2, 0.25) is 5.95 Å². The van der Waals surface area contributed by atoms with Gasteiger partial charge >= 0.3 is 0 Å². The van der Waals surface area contributed by atoms with Gasteiger partial charge in [-0.15, -0.1) is 0 Å². The maximum atomic E-state index is 5.81. The fourth-order valence-electron chi connectivity index (χ4n) is 1.84. The molecule has 21 heavy (non-hydrogen) atoms. The predicted octanol–water partition coefficient (Wildman–Crippen LogP) is 2.98. The number of hydrogen-bond donors (Lipinski definition) is 2. The van der Waals surface area contributed by atoms with Gasteiger partial charge in [0.05, 0.1) is 6.54 Å². The smallest absolute Gasteiger partial charge is 0.223 e. The van der Waals surface area contributed by atoms with Crippen LogP contribution in [0.25, 0.3) is 11.3 Å². The van der Waals surface area contributed by atoms with E-state index in [0.717, 1.165) is 11.3 Å². The minimum Gasteiger partial charge on any atom is -0.368 e. The Kier molecular flexibility index (Phi) is 3.70. The van der Waals surface area contributed by atoms with Gasteiger partial charge in [0, 0.05) is 17.7 Å². The van der Waals surface area contributed by atoms with Crippen molar-refractivity contribution in [3.8, 4) is 11.3 Å². The number of benzene rings is 1. The summed E-state index contributed by atoms with van der Waals surface area (Å²) in [4.78, 5) is 7.81. The zero-order valence-electron chi connectivity index (χ0n) is 11.0. The molecule has 0 saturated heterocycles. The molecule has 0 spiro atoms. The monoisotopic (exact) mass is 301 g/mol. The molecule has 2 aromatic heterocycles. The summed E-state index contributed by atoms with van der Waals surface area (Å²) < 4.78 is 5.28. The highest BCUT2D eigenvalue weighted by molar-refractivity contribution is 6.29. The molecule has 0 fully saturated rings. The zero-order chi connectivity index (χ0) is 14.7. The van der Waals surface area contributed by atoms with Crippen LogP contribution in [0.1, 0.15) is 5.76 Å². The van der Waals surface area contributed by atoms with Crippen LogP contribution < -0.4 is 11.1 Å². The Labute approximate surface area is 126 Å². The minimum absolute atomic E-state index is 0.118. The molecule has 0 radical (unpaired) electrons. The third-order valence-electron chi connectivity index (χ3n) is 2.78. The molecule has 0 saturated carbocycles. The fraction of sp³-hybridized carbons (Fsp3) is 0.0714. The first-order chi connectivity index (χ1) is 10.2. The summed E-state index contributed by atoms with van der Waals surface area (Å²) in [6, 6.07) is 13.3. The summed E-state index contributed by atoms with van der Waals surface area (Å²) in [5.41, 5.74) is 7.31. The third kappa shape index (κ3) is 3.29. The first-order valence-corrected chi connectivity index (χ1v) is 6.63. The summed E-state index contributed by atoms with van der Waals surface area (Å²) in [6.07, 6.45) is 0. The van der Waals surface area contributed by atoms with Crippen LogP contribution in [0.2, 0.25) is 5.15 Å². The molecule has 0 atom stereocenters. The molecule has 0 aliphatic heterocycles. The van der Waals surface area contributed by atoms with Crippen molar-refractivity contribution in [3.05, 3.63) is 53.4 Å². The SMILES string of the molecule is Nc1nc(Cl)cc(NCc2cc(-c3ccccc3)no2)n1. The Bertz CT molecular complexity index is 724. The summed E-state index contributed by atoms with van der Waals surface area (Å²) >= 11 is 5.81. The second-order valence-corrected chi connectivity index (χ2v) is 4.72. The van der Waals surface area contributed by atoms with E-state index >= 15 is 0 Å². The quantitative estimate of drug-likeness (QED) is 0.720. The molecule has 3 rings (SSSR count). The lowest BCUT2D eigenvalue weighted by Gasteiger charge is -2.03. The highest BCUT2D eigenvalue weighted by Crippen LogP contribution is 2.19. The number of nitrogens with zero attached hydrogens (tertiary/aromatic N) is 3. The maximum Gasteiger partial charge on any atom is 0.223 e. The molecule has 0 unspecified atom stereocenters. The highest BCUT2D eigenvalue weighted by Gasteiger charge is 2.07. The van der Waals surface area contributed by atoms with E-state index in [1.165, 1.54) is 0 Å². The normalized spacial score (nSPS) is 10.5. The number of aromatic nitrogens is 3. The molecule has 2 heterocycles. The Morgan fingerprint density at radius 2 is 1.95 bits per heavy atom. The van der Waals surface area contributed by atoms with E-state index < -0.39 is 0 Å². The molecule has 0 amide bonds. The average molecular weight is 302 g/mol. The van der Waals surface area contributed by atoms with Gasteiger partial charge in [0.25, 0.3) is 0 Å². The predicted molar refractivity (Wildman–Crippen MR) is 80.7 cm³/mol. The first kappa shape index (κ1) is 13.4. The summed E-state index contributed by atoms with van der Waals surface area (Å²) in [5.74, 6) is 1.33. The van der Waals surface area contributed by atoms with Gasteiger partial charge in [-0.1, -0.05) is 47.1 Å². The average Bonchev–Trinajstić information content (AvgIpc) is 2.94. The number of anilines is 2. The van der Waals surface area contributed by atoms with E-state index in [-0.39, 0.29) is 11.1 Å². The second-order valence-electron chi connectivity index (χ2n) is 4.33. The van der Waals surface area contributed by atoms with Crippen molar-refractivity contribution in [1.82, 2.24) is 15.1 Å². The summed E-state index contributed by atoms with van der Waals surface area (Å²) in [7, 11) is 0. The number of rotatable bonds is 4. The van der Waals surface area contributed by atoms with Crippen molar-refractivity contribution in [3.63, 3.8) is 0 Å². The van der Waals surface area contributed by atoms with Crippen LogP contribution in [0.5, 0.6) is 0 Å².